The number of carbonyl (C=O) groups excluding carboxylic acids is 1. The molecule has 1 unspecified atom stereocenters. The van der Waals surface area contributed by atoms with Gasteiger partial charge in [0.15, 0.2) is 0 Å². The van der Waals surface area contributed by atoms with Crippen LogP contribution in [0.3, 0.4) is 0 Å². The molecule has 102 valence electrons. The van der Waals surface area contributed by atoms with Gasteiger partial charge >= 0.3 is 0 Å². The van der Waals surface area contributed by atoms with Crippen LogP contribution in [0.1, 0.15) is 0 Å². The summed E-state index contributed by atoms with van der Waals surface area (Å²) in [5.74, 6) is 1.05. The molecular formula is C14H19N3O2. The van der Waals surface area contributed by atoms with Crippen molar-refractivity contribution in [3.8, 4) is 5.75 Å². The van der Waals surface area contributed by atoms with Gasteiger partial charge in [0.05, 0.1) is 19.7 Å². The third-order valence-corrected chi connectivity index (χ3v) is 3.85. The third kappa shape index (κ3) is 2.38. The van der Waals surface area contributed by atoms with Crippen LogP contribution in [0.15, 0.2) is 24.3 Å². The van der Waals surface area contributed by atoms with E-state index in [9.17, 15) is 4.79 Å². The molecule has 1 aromatic rings. The number of hydrogen-bond acceptors (Lipinski definition) is 4. The van der Waals surface area contributed by atoms with Crippen LogP contribution in [-0.2, 0) is 4.79 Å². The van der Waals surface area contributed by atoms with E-state index in [-0.39, 0.29) is 11.9 Å². The van der Waals surface area contributed by atoms with Crippen molar-refractivity contribution in [2.45, 2.75) is 6.04 Å². The largest absolute Gasteiger partial charge is 0.497 e. The minimum Gasteiger partial charge on any atom is -0.497 e. The maximum atomic E-state index is 12.2. The fraction of sp³-hybridized carbons (Fsp3) is 0.500. The Bertz CT molecular complexity index is 478. The fourth-order valence-corrected chi connectivity index (χ4v) is 2.83. The van der Waals surface area contributed by atoms with Crippen LogP contribution in [0.25, 0.3) is 0 Å². The van der Waals surface area contributed by atoms with Gasteiger partial charge in [-0.25, -0.2) is 0 Å². The zero-order chi connectivity index (χ0) is 13.2. The Morgan fingerprint density at radius 2 is 2.32 bits per heavy atom. The Kier molecular flexibility index (Phi) is 3.29. The first kappa shape index (κ1) is 12.3. The van der Waals surface area contributed by atoms with Crippen LogP contribution >= 0.6 is 0 Å². The number of rotatable bonds is 2. The van der Waals surface area contributed by atoms with E-state index < -0.39 is 0 Å². The Morgan fingerprint density at radius 1 is 1.42 bits per heavy atom. The van der Waals surface area contributed by atoms with Crippen molar-refractivity contribution in [3.05, 3.63) is 24.3 Å². The lowest BCUT2D eigenvalue weighted by Crippen LogP contribution is -2.63. The van der Waals surface area contributed by atoms with Gasteiger partial charge in [0.2, 0.25) is 5.91 Å². The summed E-state index contributed by atoms with van der Waals surface area (Å²) < 4.78 is 5.24. The number of methoxy groups -OCH3 is 1. The second kappa shape index (κ2) is 5.09. The first-order chi connectivity index (χ1) is 9.28. The van der Waals surface area contributed by atoms with Crippen LogP contribution in [0.2, 0.25) is 0 Å². The molecule has 2 heterocycles. The van der Waals surface area contributed by atoms with E-state index in [1.54, 1.807) is 7.11 Å². The quantitative estimate of drug-likeness (QED) is 0.832. The molecule has 0 radical (unpaired) electrons. The number of hydrogen-bond donors (Lipinski definition) is 1. The van der Waals surface area contributed by atoms with Gasteiger partial charge in [-0.2, -0.15) is 0 Å². The molecule has 0 aliphatic carbocycles. The number of piperazine rings is 2. The first-order valence-corrected chi connectivity index (χ1v) is 6.67. The molecule has 2 saturated heterocycles. The van der Waals surface area contributed by atoms with Crippen LogP contribution in [0.4, 0.5) is 5.69 Å². The molecule has 2 aliphatic rings. The molecular weight excluding hydrogens is 242 g/mol. The highest BCUT2D eigenvalue weighted by atomic mass is 16.5. The molecule has 1 aromatic carbocycles. The van der Waals surface area contributed by atoms with Crippen LogP contribution < -0.4 is 15.0 Å². The molecule has 5 heteroatoms. The molecule has 0 spiro atoms. The standard InChI is InChI=1S/C14H19N3O2/c1-19-13-4-2-3-11(7-13)16-9-12-8-15-5-6-17(12)14(18)10-16/h2-4,7,12,15H,5-6,8-10H2,1H3. The average Bonchev–Trinajstić information content (AvgIpc) is 2.47. The first-order valence-electron chi connectivity index (χ1n) is 6.67. The lowest BCUT2D eigenvalue weighted by Gasteiger charge is -2.44. The number of nitrogens with zero attached hydrogens (tertiary/aromatic N) is 2. The zero-order valence-electron chi connectivity index (χ0n) is 11.1. The van der Waals surface area contributed by atoms with Crippen molar-refractivity contribution in [1.82, 2.24) is 10.2 Å². The smallest absolute Gasteiger partial charge is 0.242 e. The number of amides is 1. The molecule has 0 bridgehead atoms. The zero-order valence-corrected chi connectivity index (χ0v) is 11.1. The number of ether oxygens (including phenoxy) is 1. The van der Waals surface area contributed by atoms with Crippen molar-refractivity contribution < 1.29 is 9.53 Å². The van der Waals surface area contributed by atoms with E-state index in [1.807, 2.05) is 29.2 Å². The van der Waals surface area contributed by atoms with Gasteiger partial charge in [-0.05, 0) is 12.1 Å². The molecule has 0 aromatic heterocycles. The molecule has 0 saturated carbocycles. The topological polar surface area (TPSA) is 44.8 Å². The van der Waals surface area contributed by atoms with Gasteiger partial charge < -0.3 is 19.9 Å². The van der Waals surface area contributed by atoms with Gasteiger partial charge in [-0.3, -0.25) is 4.79 Å². The Balaban J connectivity index is 1.80. The third-order valence-electron chi connectivity index (χ3n) is 3.85. The van der Waals surface area contributed by atoms with Crippen LogP contribution in [0, 0.1) is 0 Å². The van der Waals surface area contributed by atoms with Crippen molar-refractivity contribution in [2.75, 3.05) is 44.7 Å². The maximum absolute atomic E-state index is 12.2. The normalized spacial score (nSPS) is 23.2. The molecule has 2 aliphatic heterocycles. The number of fused-ring (bicyclic) bond motifs is 1. The number of anilines is 1. The highest BCUT2D eigenvalue weighted by Gasteiger charge is 2.33. The van der Waals surface area contributed by atoms with Crippen LogP contribution in [0.5, 0.6) is 5.75 Å². The van der Waals surface area contributed by atoms with Crippen molar-refractivity contribution in [1.29, 1.82) is 0 Å². The Morgan fingerprint density at radius 3 is 3.16 bits per heavy atom. The van der Waals surface area contributed by atoms with E-state index >= 15 is 0 Å². The monoisotopic (exact) mass is 261 g/mol. The average molecular weight is 261 g/mol. The van der Waals surface area contributed by atoms with Gasteiger partial charge in [0.1, 0.15) is 5.75 Å². The summed E-state index contributed by atoms with van der Waals surface area (Å²) in [5.41, 5.74) is 1.05. The highest BCUT2D eigenvalue weighted by Crippen LogP contribution is 2.24. The van der Waals surface area contributed by atoms with Gasteiger partial charge in [-0.1, -0.05) is 6.07 Å². The molecule has 19 heavy (non-hydrogen) atoms. The van der Waals surface area contributed by atoms with Crippen molar-refractivity contribution in [2.24, 2.45) is 0 Å². The maximum Gasteiger partial charge on any atom is 0.242 e. The summed E-state index contributed by atoms with van der Waals surface area (Å²) in [6.07, 6.45) is 0. The number of benzene rings is 1. The molecule has 1 atom stereocenters. The van der Waals surface area contributed by atoms with E-state index in [1.165, 1.54) is 0 Å². The van der Waals surface area contributed by atoms with E-state index in [0.29, 0.717) is 6.54 Å². The molecule has 5 nitrogen and oxygen atoms in total. The number of nitrogens with one attached hydrogen (secondary N) is 1. The Hall–Kier alpha value is -1.75. The van der Waals surface area contributed by atoms with E-state index in [4.69, 9.17) is 4.74 Å². The molecule has 1 amide bonds. The highest BCUT2D eigenvalue weighted by molar-refractivity contribution is 5.83. The molecule has 2 fully saturated rings. The molecule has 3 rings (SSSR count). The minimum absolute atomic E-state index is 0.223. The fourth-order valence-electron chi connectivity index (χ4n) is 2.83. The van der Waals surface area contributed by atoms with Crippen LogP contribution in [-0.4, -0.2) is 56.7 Å². The summed E-state index contributed by atoms with van der Waals surface area (Å²) in [5, 5.41) is 3.35. The predicted octanol–water partition coefficient (Wildman–Crippen LogP) is 0.316. The van der Waals surface area contributed by atoms with Crippen molar-refractivity contribution >= 4 is 11.6 Å². The summed E-state index contributed by atoms with van der Waals surface area (Å²) in [6.45, 7) is 3.96. The summed E-state index contributed by atoms with van der Waals surface area (Å²) in [4.78, 5) is 16.3. The minimum atomic E-state index is 0.223. The van der Waals surface area contributed by atoms with E-state index in [2.05, 4.69) is 10.2 Å². The summed E-state index contributed by atoms with van der Waals surface area (Å²) in [7, 11) is 1.66. The molecule has 1 N–H and O–H groups in total. The summed E-state index contributed by atoms with van der Waals surface area (Å²) >= 11 is 0. The lowest BCUT2D eigenvalue weighted by atomic mass is 10.1. The second-order valence-electron chi connectivity index (χ2n) is 5.03. The predicted molar refractivity (Wildman–Crippen MR) is 73.6 cm³/mol. The van der Waals surface area contributed by atoms with Gasteiger partial charge in [0.25, 0.3) is 0 Å². The second-order valence-corrected chi connectivity index (χ2v) is 5.03. The SMILES string of the molecule is COc1cccc(N2CC(=O)N3CCNCC3C2)c1. The lowest BCUT2D eigenvalue weighted by molar-refractivity contribution is -0.134. The van der Waals surface area contributed by atoms with Crippen molar-refractivity contribution in [3.63, 3.8) is 0 Å². The van der Waals surface area contributed by atoms with Gasteiger partial charge in [0, 0.05) is 37.9 Å². The van der Waals surface area contributed by atoms with Gasteiger partial charge in [-0.15, -0.1) is 0 Å². The summed E-state index contributed by atoms with van der Waals surface area (Å²) in [6, 6.07) is 8.18. The van der Waals surface area contributed by atoms with E-state index in [0.717, 1.165) is 37.6 Å². The Labute approximate surface area is 113 Å². The number of carbonyl (C=O) groups is 1.